The lowest BCUT2D eigenvalue weighted by Gasteiger charge is -2.10. The Morgan fingerprint density at radius 3 is 2.45 bits per heavy atom. The Labute approximate surface area is 164 Å². The summed E-state index contributed by atoms with van der Waals surface area (Å²) >= 11 is 0. The van der Waals surface area contributed by atoms with E-state index in [0.717, 1.165) is 18.2 Å². The number of amides is 2. The molecule has 0 heterocycles. The van der Waals surface area contributed by atoms with Gasteiger partial charge in [0.15, 0.2) is 11.5 Å². The molecular weight excluding hydrogens is 391 g/mol. The molecule has 0 aliphatic carbocycles. The largest absolute Gasteiger partial charge is 0.493 e. The molecule has 0 atom stereocenters. The van der Waals surface area contributed by atoms with Crippen LogP contribution in [0.2, 0.25) is 0 Å². The standard InChI is InChI=1S/C19H18F3N3O4/c1-28-15-8-3-5-12(18(15)29-2)11-23-25-17(27)10-16(26)24-14-7-4-6-13(9-14)19(20,21)22/h3-9,11H,10H2,1-2H3,(H,24,26)(H,25,27)/b23-11+. The van der Waals surface area contributed by atoms with Crippen molar-refractivity contribution in [3.63, 3.8) is 0 Å². The van der Waals surface area contributed by atoms with Gasteiger partial charge in [-0.25, -0.2) is 5.43 Å². The molecule has 0 unspecified atom stereocenters. The molecule has 0 aliphatic rings. The van der Waals surface area contributed by atoms with Crippen LogP contribution in [0.25, 0.3) is 0 Å². The molecule has 0 aliphatic heterocycles. The number of benzene rings is 2. The van der Waals surface area contributed by atoms with Crippen LogP contribution >= 0.6 is 0 Å². The average Bonchev–Trinajstić information content (AvgIpc) is 2.67. The maximum absolute atomic E-state index is 12.7. The summed E-state index contributed by atoms with van der Waals surface area (Å²) in [6, 6.07) is 9.17. The van der Waals surface area contributed by atoms with Crippen LogP contribution in [0.4, 0.5) is 18.9 Å². The van der Waals surface area contributed by atoms with Gasteiger partial charge in [-0.15, -0.1) is 0 Å². The van der Waals surface area contributed by atoms with Crippen molar-refractivity contribution < 1.29 is 32.2 Å². The molecule has 2 N–H and O–H groups in total. The van der Waals surface area contributed by atoms with Gasteiger partial charge in [0, 0.05) is 11.3 Å². The van der Waals surface area contributed by atoms with Crippen LogP contribution in [0.15, 0.2) is 47.6 Å². The molecule has 0 fully saturated rings. The maximum Gasteiger partial charge on any atom is 0.416 e. The van der Waals surface area contributed by atoms with Crippen LogP contribution in [0, 0.1) is 0 Å². The highest BCUT2D eigenvalue weighted by Crippen LogP contribution is 2.31. The molecule has 2 aromatic rings. The van der Waals surface area contributed by atoms with E-state index in [4.69, 9.17) is 9.47 Å². The Hall–Kier alpha value is -3.56. The molecule has 2 aromatic carbocycles. The monoisotopic (exact) mass is 409 g/mol. The minimum absolute atomic E-state index is 0.0674. The quantitative estimate of drug-likeness (QED) is 0.418. The summed E-state index contributed by atoms with van der Waals surface area (Å²) in [6.45, 7) is 0. The fourth-order valence-electron chi connectivity index (χ4n) is 2.35. The minimum atomic E-state index is -4.53. The van der Waals surface area contributed by atoms with Crippen LogP contribution in [0.1, 0.15) is 17.5 Å². The van der Waals surface area contributed by atoms with Gasteiger partial charge >= 0.3 is 6.18 Å². The highest BCUT2D eigenvalue weighted by molar-refractivity contribution is 6.03. The molecule has 154 valence electrons. The maximum atomic E-state index is 12.7. The van der Waals surface area contributed by atoms with Gasteiger partial charge in [-0.3, -0.25) is 9.59 Å². The predicted octanol–water partition coefficient (Wildman–Crippen LogP) is 3.20. The molecule has 10 heteroatoms. The van der Waals surface area contributed by atoms with Crippen molar-refractivity contribution in [3.05, 3.63) is 53.6 Å². The molecule has 0 saturated heterocycles. The number of hydrogen-bond donors (Lipinski definition) is 2. The van der Waals surface area contributed by atoms with E-state index in [0.29, 0.717) is 17.1 Å². The first-order chi connectivity index (χ1) is 13.7. The average molecular weight is 409 g/mol. The van der Waals surface area contributed by atoms with E-state index in [2.05, 4.69) is 15.8 Å². The molecule has 0 saturated carbocycles. The Bertz CT molecular complexity index is 914. The van der Waals surface area contributed by atoms with Crippen LogP contribution in [-0.2, 0) is 15.8 Å². The van der Waals surface area contributed by atoms with Crippen LogP contribution in [0.5, 0.6) is 11.5 Å². The number of nitrogens with zero attached hydrogens (tertiary/aromatic N) is 1. The first-order valence-corrected chi connectivity index (χ1v) is 8.24. The van der Waals surface area contributed by atoms with Crippen molar-refractivity contribution in [3.8, 4) is 11.5 Å². The molecular formula is C19H18F3N3O4. The number of halogens is 3. The van der Waals surface area contributed by atoms with Crippen molar-refractivity contribution in [2.24, 2.45) is 5.10 Å². The van der Waals surface area contributed by atoms with Crippen molar-refractivity contribution in [2.45, 2.75) is 12.6 Å². The first kappa shape index (κ1) is 21.7. The van der Waals surface area contributed by atoms with Crippen molar-refractivity contribution >= 4 is 23.7 Å². The zero-order chi connectivity index (χ0) is 21.4. The number of methoxy groups -OCH3 is 2. The molecule has 0 aromatic heterocycles. The third-order valence-corrected chi connectivity index (χ3v) is 3.62. The van der Waals surface area contributed by atoms with Gasteiger partial charge in [0.1, 0.15) is 6.42 Å². The van der Waals surface area contributed by atoms with E-state index in [1.54, 1.807) is 18.2 Å². The number of hydrazone groups is 1. The lowest BCUT2D eigenvalue weighted by molar-refractivity contribution is -0.137. The van der Waals surface area contributed by atoms with Gasteiger partial charge in [0.25, 0.3) is 0 Å². The number of carbonyl (C=O) groups excluding carboxylic acids is 2. The van der Waals surface area contributed by atoms with Gasteiger partial charge in [0.05, 0.1) is 26.0 Å². The number of nitrogens with one attached hydrogen (secondary N) is 2. The lowest BCUT2D eigenvalue weighted by atomic mass is 10.2. The molecule has 2 amide bonds. The van der Waals surface area contributed by atoms with Crippen molar-refractivity contribution in [1.82, 2.24) is 5.43 Å². The Kier molecular flexibility index (Phi) is 7.18. The number of anilines is 1. The summed E-state index contributed by atoms with van der Waals surface area (Å²) < 4.78 is 48.4. The fourth-order valence-corrected chi connectivity index (χ4v) is 2.35. The topological polar surface area (TPSA) is 89.0 Å². The van der Waals surface area contributed by atoms with E-state index >= 15 is 0 Å². The summed E-state index contributed by atoms with van der Waals surface area (Å²) in [4.78, 5) is 23.7. The Morgan fingerprint density at radius 2 is 1.79 bits per heavy atom. The summed E-state index contributed by atoms with van der Waals surface area (Å²) in [7, 11) is 2.93. The summed E-state index contributed by atoms with van der Waals surface area (Å²) in [5, 5.41) is 5.98. The van der Waals surface area contributed by atoms with Crippen LogP contribution < -0.4 is 20.2 Å². The van der Waals surface area contributed by atoms with E-state index in [9.17, 15) is 22.8 Å². The predicted molar refractivity (Wildman–Crippen MR) is 100.0 cm³/mol. The van der Waals surface area contributed by atoms with Crippen LogP contribution in [-0.4, -0.2) is 32.2 Å². The van der Waals surface area contributed by atoms with Gasteiger partial charge in [0.2, 0.25) is 11.8 Å². The third kappa shape index (κ3) is 6.23. The zero-order valence-electron chi connectivity index (χ0n) is 15.5. The molecule has 0 bridgehead atoms. The highest BCUT2D eigenvalue weighted by Gasteiger charge is 2.30. The van der Waals surface area contributed by atoms with Crippen molar-refractivity contribution in [2.75, 3.05) is 19.5 Å². The number of hydrogen-bond acceptors (Lipinski definition) is 5. The minimum Gasteiger partial charge on any atom is -0.493 e. The van der Waals surface area contributed by atoms with Gasteiger partial charge in [-0.2, -0.15) is 18.3 Å². The number of ether oxygens (including phenoxy) is 2. The second kappa shape index (κ2) is 9.58. The summed E-state index contributed by atoms with van der Waals surface area (Å²) in [6.07, 6.45) is -3.85. The van der Waals surface area contributed by atoms with Crippen molar-refractivity contribution in [1.29, 1.82) is 0 Å². The smallest absolute Gasteiger partial charge is 0.416 e. The molecule has 2 rings (SSSR count). The number of rotatable bonds is 7. The molecule has 29 heavy (non-hydrogen) atoms. The number of para-hydroxylation sites is 1. The number of alkyl halides is 3. The summed E-state index contributed by atoms with van der Waals surface area (Å²) in [5.41, 5.74) is 1.72. The first-order valence-electron chi connectivity index (χ1n) is 8.24. The van der Waals surface area contributed by atoms with E-state index in [1.807, 2.05) is 0 Å². The second-order valence-electron chi connectivity index (χ2n) is 5.68. The SMILES string of the molecule is COc1cccc(/C=N/NC(=O)CC(=O)Nc2cccc(C(F)(F)F)c2)c1OC. The van der Waals surface area contributed by atoms with Gasteiger partial charge in [-0.05, 0) is 30.3 Å². The second-order valence-corrected chi connectivity index (χ2v) is 5.68. The van der Waals surface area contributed by atoms with E-state index in [1.165, 1.54) is 26.5 Å². The Morgan fingerprint density at radius 1 is 1.07 bits per heavy atom. The van der Waals surface area contributed by atoms with E-state index < -0.39 is 30.0 Å². The normalized spacial score (nSPS) is 11.2. The van der Waals surface area contributed by atoms with Crippen LogP contribution in [0.3, 0.4) is 0 Å². The van der Waals surface area contributed by atoms with Gasteiger partial charge < -0.3 is 14.8 Å². The Balaban J connectivity index is 1.93. The molecule has 0 spiro atoms. The van der Waals surface area contributed by atoms with E-state index in [-0.39, 0.29) is 5.69 Å². The number of carbonyl (C=O) groups is 2. The summed E-state index contributed by atoms with van der Waals surface area (Å²) in [5.74, 6) is -0.637. The fraction of sp³-hybridized carbons (Fsp3) is 0.211. The van der Waals surface area contributed by atoms with Gasteiger partial charge in [-0.1, -0.05) is 12.1 Å². The third-order valence-electron chi connectivity index (χ3n) is 3.62. The molecule has 0 radical (unpaired) electrons. The zero-order valence-corrected chi connectivity index (χ0v) is 15.5. The molecule has 7 nitrogen and oxygen atoms in total. The lowest BCUT2D eigenvalue weighted by Crippen LogP contribution is -2.24. The highest BCUT2D eigenvalue weighted by atomic mass is 19.4.